The van der Waals surface area contributed by atoms with Gasteiger partial charge in [-0.2, -0.15) is 0 Å². The van der Waals surface area contributed by atoms with Crippen molar-refractivity contribution >= 4 is 22.8 Å². The number of nitrogens with one attached hydrogen (secondary N) is 2. The largest absolute Gasteiger partial charge is 0.491 e. The van der Waals surface area contributed by atoms with Crippen LogP contribution in [-0.4, -0.2) is 58.5 Å². The van der Waals surface area contributed by atoms with Gasteiger partial charge in [-0.3, -0.25) is 4.79 Å². The van der Waals surface area contributed by atoms with Crippen LogP contribution >= 0.6 is 0 Å². The predicted molar refractivity (Wildman–Crippen MR) is 156 cm³/mol. The molecule has 0 bridgehead atoms. The number of ketones is 1. The molecule has 7 nitrogen and oxygen atoms in total. The quantitative estimate of drug-likeness (QED) is 0.281. The predicted octanol–water partition coefficient (Wildman–Crippen LogP) is 6.21. The summed E-state index contributed by atoms with van der Waals surface area (Å²) in [5.41, 5.74) is 5.61. The molecule has 0 spiro atoms. The van der Waals surface area contributed by atoms with Crippen molar-refractivity contribution in [2.45, 2.75) is 32.4 Å². The van der Waals surface area contributed by atoms with Crippen LogP contribution in [0.3, 0.4) is 0 Å². The van der Waals surface area contributed by atoms with Gasteiger partial charge in [0, 0.05) is 38.0 Å². The number of benzene rings is 3. The number of allylic oxidation sites excluding steroid dienone is 1. The van der Waals surface area contributed by atoms with Crippen molar-refractivity contribution in [1.82, 2.24) is 19.8 Å². The molecule has 6 rings (SSSR count). The first-order valence-electron chi connectivity index (χ1n) is 14.0. The molecule has 1 fully saturated rings. The van der Waals surface area contributed by atoms with Gasteiger partial charge in [-0.25, -0.2) is 13.8 Å². The van der Waals surface area contributed by atoms with Crippen LogP contribution < -0.4 is 10.1 Å². The van der Waals surface area contributed by atoms with E-state index in [1.54, 1.807) is 6.07 Å². The molecule has 1 unspecified atom stereocenters. The van der Waals surface area contributed by atoms with Crippen molar-refractivity contribution < 1.29 is 18.3 Å². The fourth-order valence-corrected chi connectivity index (χ4v) is 5.85. The molecule has 41 heavy (non-hydrogen) atoms. The van der Waals surface area contributed by atoms with Gasteiger partial charge in [0.05, 0.1) is 23.6 Å². The minimum absolute atomic E-state index is 0.194. The molecule has 2 aliphatic rings. The third-order valence-electron chi connectivity index (χ3n) is 7.78. The Balaban J connectivity index is 1.28. The molecule has 1 aromatic heterocycles. The number of hydrogen-bond acceptors (Lipinski definition) is 6. The minimum Gasteiger partial charge on any atom is -0.491 e. The maximum atomic E-state index is 14.2. The number of likely N-dealkylation sites (tertiary alicyclic amines) is 1. The molecule has 9 heteroatoms. The second-order valence-electron chi connectivity index (χ2n) is 10.4. The molecule has 0 radical (unpaired) electrons. The Bertz CT molecular complexity index is 1600. The second kappa shape index (κ2) is 11.6. The molecule has 4 aromatic rings. The van der Waals surface area contributed by atoms with Gasteiger partial charge in [0.25, 0.3) is 0 Å². The van der Waals surface area contributed by atoms with Gasteiger partial charge in [-0.1, -0.05) is 24.3 Å². The molecule has 2 N–H and O–H groups in total. The molecule has 0 amide bonds. The van der Waals surface area contributed by atoms with Gasteiger partial charge in [0.15, 0.2) is 0 Å². The first-order valence-corrected chi connectivity index (χ1v) is 14.0. The topological polar surface area (TPSA) is 73.5 Å². The van der Waals surface area contributed by atoms with Gasteiger partial charge in [0.1, 0.15) is 36.5 Å². The highest BCUT2D eigenvalue weighted by Crippen LogP contribution is 2.36. The number of rotatable bonds is 7. The fraction of sp³-hybridized carbons (Fsp3) is 0.312. The van der Waals surface area contributed by atoms with Crippen molar-refractivity contribution in [1.29, 1.82) is 0 Å². The van der Waals surface area contributed by atoms with E-state index >= 15 is 0 Å². The molecule has 1 saturated heterocycles. The van der Waals surface area contributed by atoms with Crippen molar-refractivity contribution in [2.75, 3.05) is 38.2 Å². The zero-order chi connectivity index (χ0) is 28.3. The second-order valence-corrected chi connectivity index (χ2v) is 10.4. The van der Waals surface area contributed by atoms with E-state index in [2.05, 4.69) is 43.3 Å². The standard InChI is InChI=1S/C32H33F2N5O2/c1-2-31(39-13-10-26(40)19-29(39)23-4-3-5-25(34)17-23)38-14-15-41-30-9-7-21(16-24(30)20-38)22-6-8-27-28(18-22)37-32(36-27)35-12-11-33/h2-9,16-18,29H,10-15,19-20H2,1H3,(H2,35,36,37)/b31-2-. The third-order valence-corrected chi connectivity index (χ3v) is 7.78. The Morgan fingerprint density at radius 1 is 1.15 bits per heavy atom. The summed E-state index contributed by atoms with van der Waals surface area (Å²) in [5, 5.41) is 2.95. The lowest BCUT2D eigenvalue weighted by atomic mass is 9.94. The number of hydrogen-bond donors (Lipinski definition) is 2. The SMILES string of the molecule is C/C=C(/N1CCOc2ccc(-c3ccc4[nH]c(NCCF)nc4c3)cc2C1)N1CCC(=O)CC1c1cccc(F)c1. The average Bonchev–Trinajstić information content (AvgIpc) is 3.27. The number of fused-ring (bicyclic) bond motifs is 2. The summed E-state index contributed by atoms with van der Waals surface area (Å²) in [6.45, 7) is 4.16. The number of nitrogens with zero attached hydrogens (tertiary/aromatic N) is 3. The van der Waals surface area contributed by atoms with Crippen molar-refractivity contribution in [3.8, 4) is 16.9 Å². The number of aromatic nitrogens is 2. The zero-order valence-electron chi connectivity index (χ0n) is 23.0. The Morgan fingerprint density at radius 2 is 2.00 bits per heavy atom. The van der Waals surface area contributed by atoms with E-state index < -0.39 is 6.67 Å². The number of imidazole rings is 1. The van der Waals surface area contributed by atoms with E-state index in [1.165, 1.54) is 12.1 Å². The van der Waals surface area contributed by atoms with Gasteiger partial charge < -0.3 is 24.8 Å². The monoisotopic (exact) mass is 557 g/mol. The minimum atomic E-state index is -0.465. The highest BCUT2D eigenvalue weighted by molar-refractivity contribution is 5.84. The first kappa shape index (κ1) is 26.8. The van der Waals surface area contributed by atoms with Crippen molar-refractivity contribution in [2.24, 2.45) is 0 Å². The maximum Gasteiger partial charge on any atom is 0.201 e. The summed E-state index contributed by atoms with van der Waals surface area (Å²) in [6.07, 6.45) is 2.90. The third kappa shape index (κ3) is 5.62. The van der Waals surface area contributed by atoms with Gasteiger partial charge in [-0.05, 0) is 66.1 Å². The smallest absolute Gasteiger partial charge is 0.201 e. The van der Waals surface area contributed by atoms with Crippen LogP contribution in [0.15, 0.2) is 72.6 Å². The van der Waals surface area contributed by atoms with E-state index in [0.717, 1.165) is 44.9 Å². The Hall–Kier alpha value is -4.40. The van der Waals surface area contributed by atoms with Crippen LogP contribution in [0.2, 0.25) is 0 Å². The number of piperidine rings is 1. The van der Waals surface area contributed by atoms with E-state index in [9.17, 15) is 13.6 Å². The number of aromatic amines is 1. The summed E-state index contributed by atoms with van der Waals surface area (Å²) in [6, 6.07) is 18.6. The number of carbonyl (C=O) groups is 1. The number of ether oxygens (including phenoxy) is 1. The van der Waals surface area contributed by atoms with Gasteiger partial charge >= 0.3 is 0 Å². The summed E-state index contributed by atoms with van der Waals surface area (Å²) in [4.78, 5) is 24.7. The van der Waals surface area contributed by atoms with E-state index in [4.69, 9.17) is 4.74 Å². The lowest BCUT2D eigenvalue weighted by Crippen LogP contribution is -2.43. The first-order chi connectivity index (χ1) is 20.0. The van der Waals surface area contributed by atoms with Crippen LogP contribution in [0.4, 0.5) is 14.7 Å². The summed E-state index contributed by atoms with van der Waals surface area (Å²) >= 11 is 0. The lowest BCUT2D eigenvalue weighted by Gasteiger charge is -2.42. The Kier molecular flexibility index (Phi) is 7.59. The molecule has 3 aromatic carbocycles. The van der Waals surface area contributed by atoms with Crippen LogP contribution in [0.5, 0.6) is 5.75 Å². The highest BCUT2D eigenvalue weighted by Gasteiger charge is 2.32. The molecule has 3 heterocycles. The molecule has 212 valence electrons. The van der Waals surface area contributed by atoms with Crippen molar-refractivity contribution in [3.05, 3.63) is 89.5 Å². The number of alkyl halides is 1. The average molecular weight is 558 g/mol. The number of halogens is 2. The molecule has 0 saturated carbocycles. The van der Waals surface area contributed by atoms with Crippen LogP contribution in [0.1, 0.15) is 36.9 Å². The molecular weight excluding hydrogens is 524 g/mol. The van der Waals surface area contributed by atoms with Crippen LogP contribution in [0, 0.1) is 5.82 Å². The van der Waals surface area contributed by atoms with Crippen LogP contribution in [-0.2, 0) is 11.3 Å². The molecule has 1 atom stereocenters. The van der Waals surface area contributed by atoms with E-state index in [-0.39, 0.29) is 24.2 Å². The van der Waals surface area contributed by atoms with Gasteiger partial charge in [0.2, 0.25) is 5.95 Å². The highest BCUT2D eigenvalue weighted by atomic mass is 19.1. The number of H-pyrrole nitrogens is 1. The maximum absolute atomic E-state index is 14.2. The number of anilines is 1. The van der Waals surface area contributed by atoms with Gasteiger partial charge in [-0.15, -0.1) is 0 Å². The fourth-order valence-electron chi connectivity index (χ4n) is 5.85. The van der Waals surface area contributed by atoms with E-state index in [1.807, 2.05) is 37.3 Å². The lowest BCUT2D eigenvalue weighted by molar-refractivity contribution is -0.123. The van der Waals surface area contributed by atoms with E-state index in [0.29, 0.717) is 45.0 Å². The summed E-state index contributed by atoms with van der Waals surface area (Å²) in [5.74, 6) is 2.31. The molecular formula is C32H33F2N5O2. The zero-order valence-corrected chi connectivity index (χ0v) is 23.0. The normalized spacial score (nSPS) is 17.8. The number of carbonyl (C=O) groups excluding carboxylic acids is 1. The number of Topliss-reactive ketones (excluding diaryl/α,β-unsaturated/α-hetero) is 1. The molecule has 2 aliphatic heterocycles. The summed E-state index contributed by atoms with van der Waals surface area (Å²) in [7, 11) is 0. The Labute approximate surface area is 237 Å². The van der Waals surface area contributed by atoms with Crippen molar-refractivity contribution in [3.63, 3.8) is 0 Å². The summed E-state index contributed by atoms with van der Waals surface area (Å²) < 4.78 is 32.9. The van der Waals surface area contributed by atoms with Crippen LogP contribution in [0.25, 0.3) is 22.2 Å². The molecule has 0 aliphatic carbocycles. The Morgan fingerprint density at radius 3 is 2.83 bits per heavy atom.